The first-order valence-electron chi connectivity index (χ1n) is 15.3. The molecule has 1 heterocycles. The van der Waals surface area contributed by atoms with Gasteiger partial charge in [0.1, 0.15) is 6.10 Å². The predicted octanol–water partition coefficient (Wildman–Crippen LogP) is 6.75. The SMILES string of the molecule is CC1(C)CCC23CC[C@]4(C)C(CCC5[C@@]6(C)CC[C@H](OC(=O)CN)C(C)(C)C6CC[C@]54C)C2C1OC3. The normalized spacial score (nSPS) is 54.4. The van der Waals surface area contributed by atoms with Crippen molar-refractivity contribution in [2.75, 3.05) is 13.2 Å². The summed E-state index contributed by atoms with van der Waals surface area (Å²) >= 11 is 0. The quantitative estimate of drug-likeness (QED) is 0.427. The number of hydrogen-bond acceptors (Lipinski definition) is 4. The number of rotatable bonds is 2. The summed E-state index contributed by atoms with van der Waals surface area (Å²) in [6, 6.07) is 0. The standard InChI is InChI=1S/C32H53NO3/c1-27(2)14-16-32-17-15-30(6)20(25(32)26(27)35-19-32)8-9-22-29(5)12-11-23(36-24(34)18-33)28(3,4)21(29)10-13-31(22,30)7/h20-23,25-26H,8-19,33H2,1-7H3/t20?,21?,22?,23-,25?,26?,29-,30+,31+,32?/m0/s1. The maximum absolute atomic E-state index is 12.1. The lowest BCUT2D eigenvalue weighted by Crippen LogP contribution is -2.68. The number of ether oxygens (including phenoxy) is 2. The van der Waals surface area contributed by atoms with Gasteiger partial charge in [0, 0.05) is 5.41 Å². The topological polar surface area (TPSA) is 61.5 Å². The van der Waals surface area contributed by atoms with Crippen molar-refractivity contribution in [1.29, 1.82) is 0 Å². The summed E-state index contributed by atoms with van der Waals surface area (Å²) in [6.45, 7) is 18.8. The maximum atomic E-state index is 12.1. The molecule has 0 spiro atoms. The molecule has 1 aliphatic heterocycles. The zero-order valence-electron chi connectivity index (χ0n) is 24.3. The fraction of sp³-hybridized carbons (Fsp3) is 0.969. The Labute approximate surface area is 220 Å². The van der Waals surface area contributed by atoms with Gasteiger partial charge in [0.05, 0.1) is 19.3 Å². The molecular weight excluding hydrogens is 446 g/mol. The highest BCUT2D eigenvalue weighted by Crippen LogP contribution is 2.78. The molecule has 6 fully saturated rings. The summed E-state index contributed by atoms with van der Waals surface area (Å²) in [4.78, 5) is 12.1. The van der Waals surface area contributed by atoms with Gasteiger partial charge in [-0.1, -0.05) is 48.5 Å². The van der Waals surface area contributed by atoms with Crippen LogP contribution in [0, 0.1) is 56.2 Å². The second-order valence-electron chi connectivity index (χ2n) is 16.3. The highest BCUT2D eigenvalue weighted by atomic mass is 16.5. The van der Waals surface area contributed by atoms with E-state index in [4.69, 9.17) is 15.2 Å². The van der Waals surface area contributed by atoms with Gasteiger partial charge in [0.25, 0.3) is 0 Å². The molecule has 0 radical (unpaired) electrons. The van der Waals surface area contributed by atoms with E-state index in [0.29, 0.717) is 39.1 Å². The molecule has 6 rings (SSSR count). The van der Waals surface area contributed by atoms with Gasteiger partial charge in [0.2, 0.25) is 0 Å². The number of carbonyl (C=O) groups excluding carboxylic acids is 1. The van der Waals surface area contributed by atoms with Gasteiger partial charge >= 0.3 is 5.97 Å². The lowest BCUT2D eigenvalue weighted by Gasteiger charge is -2.73. The summed E-state index contributed by atoms with van der Waals surface area (Å²) < 4.78 is 12.7. The number of hydrogen-bond donors (Lipinski definition) is 1. The highest BCUT2D eigenvalue weighted by molar-refractivity contribution is 5.71. The molecule has 4 heteroatoms. The van der Waals surface area contributed by atoms with E-state index < -0.39 is 0 Å². The monoisotopic (exact) mass is 499 g/mol. The molecule has 1 saturated heterocycles. The molecule has 10 atom stereocenters. The molecule has 0 aromatic carbocycles. The van der Waals surface area contributed by atoms with Crippen LogP contribution in [0.1, 0.15) is 113 Å². The van der Waals surface area contributed by atoms with Crippen LogP contribution in [0.25, 0.3) is 0 Å². The molecule has 6 unspecified atom stereocenters. The molecule has 6 aliphatic rings. The van der Waals surface area contributed by atoms with Gasteiger partial charge < -0.3 is 15.2 Å². The Morgan fingerprint density at radius 2 is 1.56 bits per heavy atom. The third-order valence-electron chi connectivity index (χ3n) is 14.5. The van der Waals surface area contributed by atoms with Crippen molar-refractivity contribution in [2.24, 2.45) is 61.9 Å². The Balaban J connectivity index is 1.33. The van der Waals surface area contributed by atoms with Crippen LogP contribution in [0.2, 0.25) is 0 Å². The first kappa shape index (κ1) is 25.7. The van der Waals surface area contributed by atoms with Gasteiger partial charge in [-0.15, -0.1) is 0 Å². The van der Waals surface area contributed by atoms with E-state index in [2.05, 4.69) is 48.5 Å². The molecule has 204 valence electrons. The van der Waals surface area contributed by atoms with E-state index >= 15 is 0 Å². The van der Waals surface area contributed by atoms with E-state index in [-0.39, 0.29) is 24.0 Å². The summed E-state index contributed by atoms with van der Waals surface area (Å²) in [6.07, 6.45) is 13.4. The maximum Gasteiger partial charge on any atom is 0.319 e. The second kappa shape index (κ2) is 7.74. The molecule has 0 aromatic rings. The number of esters is 1. The lowest BCUT2D eigenvalue weighted by molar-refractivity contribution is -0.254. The van der Waals surface area contributed by atoms with E-state index in [1.165, 1.54) is 57.8 Å². The van der Waals surface area contributed by atoms with Crippen LogP contribution in [0.3, 0.4) is 0 Å². The van der Waals surface area contributed by atoms with Crippen LogP contribution in [-0.4, -0.2) is 31.3 Å². The molecule has 5 saturated carbocycles. The zero-order valence-corrected chi connectivity index (χ0v) is 24.3. The van der Waals surface area contributed by atoms with Gasteiger partial charge in [-0.25, -0.2) is 0 Å². The smallest absolute Gasteiger partial charge is 0.319 e. The van der Waals surface area contributed by atoms with Crippen molar-refractivity contribution < 1.29 is 14.3 Å². The summed E-state index contributed by atoms with van der Waals surface area (Å²) in [5.41, 5.74) is 7.47. The lowest BCUT2D eigenvalue weighted by atomic mass is 9.31. The fourth-order valence-electron chi connectivity index (χ4n) is 12.4. The number of nitrogens with two attached hydrogens (primary N) is 1. The molecule has 2 N–H and O–H groups in total. The average Bonchev–Trinajstić information content (AvgIpc) is 3.15. The van der Waals surface area contributed by atoms with Crippen molar-refractivity contribution in [1.82, 2.24) is 0 Å². The number of carbonyl (C=O) groups is 1. The van der Waals surface area contributed by atoms with Gasteiger partial charge in [-0.05, 0) is 115 Å². The van der Waals surface area contributed by atoms with E-state index in [0.717, 1.165) is 30.8 Å². The van der Waals surface area contributed by atoms with Crippen LogP contribution in [-0.2, 0) is 14.3 Å². The summed E-state index contributed by atoms with van der Waals surface area (Å²) in [5, 5.41) is 0. The number of fused-ring (bicyclic) bond motifs is 5. The predicted molar refractivity (Wildman–Crippen MR) is 143 cm³/mol. The van der Waals surface area contributed by atoms with E-state index in [9.17, 15) is 4.79 Å². The Morgan fingerprint density at radius 1 is 0.833 bits per heavy atom. The fourth-order valence-corrected chi connectivity index (χ4v) is 12.4. The van der Waals surface area contributed by atoms with Gasteiger partial charge in [0.15, 0.2) is 0 Å². The average molecular weight is 500 g/mol. The van der Waals surface area contributed by atoms with Crippen LogP contribution in [0.5, 0.6) is 0 Å². The minimum absolute atomic E-state index is 0.00492. The van der Waals surface area contributed by atoms with Gasteiger partial charge in [-0.2, -0.15) is 0 Å². The van der Waals surface area contributed by atoms with Crippen LogP contribution in [0.15, 0.2) is 0 Å². The van der Waals surface area contributed by atoms with Crippen molar-refractivity contribution in [3.63, 3.8) is 0 Å². The minimum Gasteiger partial charge on any atom is -0.461 e. The Bertz CT molecular complexity index is 928. The van der Waals surface area contributed by atoms with Crippen LogP contribution in [0.4, 0.5) is 0 Å². The van der Waals surface area contributed by atoms with E-state index in [1.54, 1.807) is 0 Å². The Morgan fingerprint density at radius 3 is 2.28 bits per heavy atom. The van der Waals surface area contributed by atoms with E-state index in [1.807, 2.05) is 0 Å². The zero-order chi connectivity index (χ0) is 25.9. The molecule has 0 aromatic heterocycles. The highest BCUT2D eigenvalue weighted by Gasteiger charge is 2.72. The molecule has 36 heavy (non-hydrogen) atoms. The molecule has 0 amide bonds. The minimum atomic E-state index is -0.242. The first-order valence-corrected chi connectivity index (χ1v) is 15.3. The van der Waals surface area contributed by atoms with Crippen molar-refractivity contribution in [3.05, 3.63) is 0 Å². The van der Waals surface area contributed by atoms with Crippen LogP contribution < -0.4 is 5.73 Å². The van der Waals surface area contributed by atoms with Crippen molar-refractivity contribution in [3.8, 4) is 0 Å². The van der Waals surface area contributed by atoms with Crippen LogP contribution >= 0.6 is 0 Å². The second-order valence-corrected chi connectivity index (χ2v) is 16.3. The molecule has 5 aliphatic carbocycles. The third kappa shape index (κ3) is 3.04. The first-order chi connectivity index (χ1) is 16.8. The van der Waals surface area contributed by atoms with Gasteiger partial charge in [-0.3, -0.25) is 4.79 Å². The third-order valence-corrected chi connectivity index (χ3v) is 14.5. The summed E-state index contributed by atoms with van der Waals surface area (Å²) in [5.74, 6) is 2.66. The molecule has 4 nitrogen and oxygen atoms in total. The molecular formula is C32H53NO3. The van der Waals surface area contributed by atoms with Crippen molar-refractivity contribution in [2.45, 2.75) is 125 Å². The Hall–Kier alpha value is -0.610. The molecule has 2 bridgehead atoms. The van der Waals surface area contributed by atoms with Crippen molar-refractivity contribution >= 4 is 5.97 Å². The largest absolute Gasteiger partial charge is 0.461 e. The Kier molecular flexibility index (Phi) is 5.51. The summed E-state index contributed by atoms with van der Waals surface area (Å²) in [7, 11) is 0.